The number of halogens is 1. The number of thiophene rings is 1. The van der Waals surface area contributed by atoms with Crippen LogP contribution in [0.15, 0.2) is 40.4 Å². The van der Waals surface area contributed by atoms with E-state index >= 15 is 0 Å². The number of carbonyl (C=O) groups excluding carboxylic acids is 2. The highest BCUT2D eigenvalue weighted by Crippen LogP contribution is 2.34. The molecular weight excluding hydrogens is 445 g/mol. The van der Waals surface area contributed by atoms with Gasteiger partial charge in [-0.1, -0.05) is 0 Å². The molecule has 0 spiro atoms. The highest BCUT2D eigenvalue weighted by atomic mass is 32.2. The number of amides is 1. The van der Waals surface area contributed by atoms with Crippen molar-refractivity contribution < 1.29 is 27.1 Å². The molecule has 0 radical (unpaired) electrons. The van der Waals surface area contributed by atoms with Crippen molar-refractivity contribution in [3.63, 3.8) is 0 Å². The minimum absolute atomic E-state index is 0.00703. The van der Waals surface area contributed by atoms with Gasteiger partial charge in [-0.15, -0.1) is 15.7 Å². The van der Waals surface area contributed by atoms with E-state index in [0.29, 0.717) is 11.1 Å². The van der Waals surface area contributed by atoms with E-state index in [0.717, 1.165) is 9.18 Å². The summed E-state index contributed by atoms with van der Waals surface area (Å²) >= 11 is 1.19. The van der Waals surface area contributed by atoms with Crippen molar-refractivity contribution in [2.45, 2.75) is 20.8 Å². The van der Waals surface area contributed by atoms with Crippen molar-refractivity contribution in [1.82, 2.24) is 4.31 Å². The molecule has 2 aromatic rings. The van der Waals surface area contributed by atoms with Crippen LogP contribution in [0.25, 0.3) is 0 Å². The van der Waals surface area contributed by atoms with Gasteiger partial charge in [0.2, 0.25) is 0 Å². The number of benzene rings is 1. The van der Waals surface area contributed by atoms with Crippen LogP contribution in [0.2, 0.25) is 0 Å². The van der Waals surface area contributed by atoms with Crippen LogP contribution in [0.5, 0.6) is 0 Å². The molecule has 2 heterocycles. The van der Waals surface area contributed by atoms with E-state index in [1.807, 2.05) is 0 Å². The zero-order chi connectivity index (χ0) is 22.9. The van der Waals surface area contributed by atoms with Crippen molar-refractivity contribution in [3.8, 4) is 0 Å². The van der Waals surface area contributed by atoms with E-state index in [1.165, 1.54) is 48.7 Å². The van der Waals surface area contributed by atoms with Crippen LogP contribution in [-0.2, 0) is 19.7 Å². The number of rotatable bonds is 5. The molecule has 1 aromatic carbocycles. The summed E-state index contributed by atoms with van der Waals surface area (Å²) in [5.74, 6) is -1.81. The molecule has 1 N–H and O–H groups in total. The number of likely N-dealkylation sites (N-methyl/N-ethyl adjacent to an activating group) is 1. The molecule has 0 saturated carbocycles. The first-order valence-electron chi connectivity index (χ1n) is 9.20. The van der Waals surface area contributed by atoms with E-state index in [2.05, 4.69) is 9.71 Å². The summed E-state index contributed by atoms with van der Waals surface area (Å²) in [6.45, 7) is 5.38. The monoisotopic (exact) mass is 465 g/mol. The fourth-order valence-electron chi connectivity index (χ4n) is 2.85. The van der Waals surface area contributed by atoms with Crippen LogP contribution in [0.1, 0.15) is 33.3 Å². The Morgan fingerprint density at radius 3 is 2.48 bits per heavy atom. The van der Waals surface area contributed by atoms with Gasteiger partial charge in [-0.2, -0.15) is 8.42 Å². The second kappa shape index (κ2) is 8.60. The molecule has 1 aromatic heterocycles. The van der Waals surface area contributed by atoms with Crippen LogP contribution in [0.3, 0.4) is 0 Å². The van der Waals surface area contributed by atoms with E-state index in [4.69, 9.17) is 4.74 Å². The molecule has 1 aliphatic rings. The zero-order valence-corrected chi connectivity index (χ0v) is 18.9. The third kappa shape index (κ3) is 4.52. The molecule has 0 atom stereocenters. The number of hydrogen-bond donors (Lipinski definition) is 1. The zero-order valence-electron chi connectivity index (χ0n) is 17.2. The molecule has 11 heteroatoms. The Morgan fingerprint density at radius 1 is 1.23 bits per heavy atom. The fourth-order valence-corrected chi connectivity index (χ4v) is 4.81. The van der Waals surface area contributed by atoms with Gasteiger partial charge in [-0.05, 0) is 56.7 Å². The maximum Gasteiger partial charge on any atom is 0.345 e. The SMILES string of the molecule is CCOC(=O)c1c(NC(=O)C2=CC(c3ccc(F)cc3)=NS(=O)(=O)N2C)sc(C)c1C. The van der Waals surface area contributed by atoms with E-state index < -0.39 is 27.9 Å². The molecular formula is C20H20FN3O5S2. The minimum atomic E-state index is -4.18. The molecule has 3 rings (SSSR count). The maximum atomic E-state index is 13.2. The average Bonchev–Trinajstić information content (AvgIpc) is 2.97. The Hall–Kier alpha value is -3.05. The summed E-state index contributed by atoms with van der Waals surface area (Å²) < 4.78 is 47.7. The largest absolute Gasteiger partial charge is 0.462 e. The number of aryl methyl sites for hydroxylation is 1. The van der Waals surface area contributed by atoms with Crippen LogP contribution in [-0.4, -0.2) is 44.0 Å². The molecule has 1 amide bonds. The van der Waals surface area contributed by atoms with E-state index in [-0.39, 0.29) is 28.6 Å². The summed E-state index contributed by atoms with van der Waals surface area (Å²) in [5.41, 5.74) is 1.02. The molecule has 0 fully saturated rings. The third-order valence-corrected chi connectivity index (χ3v) is 7.08. The number of allylic oxidation sites excluding steroid dienone is 1. The maximum absolute atomic E-state index is 13.2. The number of anilines is 1. The van der Waals surface area contributed by atoms with E-state index in [9.17, 15) is 22.4 Å². The number of hydrogen-bond acceptors (Lipinski definition) is 6. The molecule has 0 aliphatic carbocycles. The molecule has 0 unspecified atom stereocenters. The lowest BCUT2D eigenvalue weighted by Gasteiger charge is -2.23. The highest BCUT2D eigenvalue weighted by Gasteiger charge is 2.31. The van der Waals surface area contributed by atoms with Crippen molar-refractivity contribution in [2.75, 3.05) is 19.0 Å². The van der Waals surface area contributed by atoms with Gasteiger partial charge < -0.3 is 10.1 Å². The molecule has 8 nitrogen and oxygen atoms in total. The van der Waals surface area contributed by atoms with Gasteiger partial charge in [0.1, 0.15) is 16.5 Å². The second-order valence-electron chi connectivity index (χ2n) is 6.62. The van der Waals surface area contributed by atoms with Crippen molar-refractivity contribution in [3.05, 3.63) is 63.4 Å². The molecule has 0 bridgehead atoms. The van der Waals surface area contributed by atoms with Crippen molar-refractivity contribution >= 4 is 44.1 Å². The standard InChI is InChI=1S/C20H20FN3O5S2/c1-5-29-20(26)17-11(2)12(3)30-19(17)22-18(25)16-10-15(23-31(27,28)24(16)4)13-6-8-14(21)9-7-13/h6-10H,5H2,1-4H3,(H,22,25). The van der Waals surface area contributed by atoms with Gasteiger partial charge >= 0.3 is 16.2 Å². The van der Waals surface area contributed by atoms with Gasteiger partial charge in [0.15, 0.2) is 0 Å². The molecule has 31 heavy (non-hydrogen) atoms. The minimum Gasteiger partial charge on any atom is -0.462 e. The number of esters is 1. The van der Waals surface area contributed by atoms with Gasteiger partial charge in [-0.25, -0.2) is 13.5 Å². The Balaban J connectivity index is 1.99. The highest BCUT2D eigenvalue weighted by molar-refractivity contribution is 7.88. The first-order valence-corrected chi connectivity index (χ1v) is 11.4. The Labute approximate surface area is 183 Å². The lowest BCUT2D eigenvalue weighted by atomic mass is 10.1. The number of carbonyl (C=O) groups is 2. The van der Waals surface area contributed by atoms with Crippen LogP contribution in [0, 0.1) is 19.7 Å². The topological polar surface area (TPSA) is 105 Å². The molecule has 1 aliphatic heterocycles. The first kappa shape index (κ1) is 22.6. The summed E-state index contributed by atoms with van der Waals surface area (Å²) in [5, 5.41) is 2.88. The summed E-state index contributed by atoms with van der Waals surface area (Å²) in [6, 6.07) is 5.07. The van der Waals surface area contributed by atoms with E-state index in [1.54, 1.807) is 20.8 Å². The van der Waals surface area contributed by atoms with Gasteiger partial charge in [-0.3, -0.25) is 4.79 Å². The molecule has 0 saturated heterocycles. The van der Waals surface area contributed by atoms with Crippen LogP contribution >= 0.6 is 11.3 Å². The Bertz CT molecular complexity index is 1210. The fraction of sp³-hybridized carbons (Fsp3) is 0.250. The predicted molar refractivity (Wildman–Crippen MR) is 116 cm³/mol. The number of ether oxygens (including phenoxy) is 1. The Kier molecular flexibility index (Phi) is 6.27. The second-order valence-corrected chi connectivity index (χ2v) is 9.47. The number of nitrogens with one attached hydrogen (secondary N) is 1. The van der Waals surface area contributed by atoms with Crippen molar-refractivity contribution in [2.24, 2.45) is 4.40 Å². The number of nitrogens with zero attached hydrogens (tertiary/aromatic N) is 2. The van der Waals surface area contributed by atoms with Crippen LogP contribution < -0.4 is 5.32 Å². The van der Waals surface area contributed by atoms with Crippen molar-refractivity contribution in [1.29, 1.82) is 0 Å². The van der Waals surface area contributed by atoms with Gasteiger partial charge in [0, 0.05) is 17.5 Å². The van der Waals surface area contributed by atoms with Gasteiger partial charge in [0.05, 0.1) is 17.9 Å². The summed E-state index contributed by atoms with van der Waals surface area (Å²) in [4.78, 5) is 26.2. The summed E-state index contributed by atoms with van der Waals surface area (Å²) in [6.07, 6.45) is 1.29. The quantitative estimate of drug-likeness (QED) is 0.683. The lowest BCUT2D eigenvalue weighted by Crippen LogP contribution is -2.35. The first-order chi connectivity index (χ1) is 14.5. The third-order valence-electron chi connectivity index (χ3n) is 4.64. The van der Waals surface area contributed by atoms with Gasteiger partial charge in [0.25, 0.3) is 5.91 Å². The predicted octanol–water partition coefficient (Wildman–Crippen LogP) is 3.18. The summed E-state index contributed by atoms with van der Waals surface area (Å²) in [7, 11) is -2.99. The average molecular weight is 466 g/mol. The van der Waals surface area contributed by atoms with Crippen LogP contribution in [0.4, 0.5) is 9.39 Å². The normalized spacial score (nSPS) is 15.2. The smallest absolute Gasteiger partial charge is 0.345 e. The molecule has 164 valence electrons. The lowest BCUT2D eigenvalue weighted by molar-refractivity contribution is -0.113. The Morgan fingerprint density at radius 2 is 1.87 bits per heavy atom.